The van der Waals surface area contributed by atoms with Crippen molar-refractivity contribution in [3.05, 3.63) is 24.3 Å². The SMILES string of the molecule is CC(C)/C=C/C(C)C.CC(C)/C=C\C(C)C.CC(C)C1CCCC1.CC(C)C1CCCCC1.CC(C)CC(C)C.CC(C)CCC(C)C.CC(C)CN(C)C(C)C.CC(C)COC(C)C. The van der Waals surface area contributed by atoms with E-state index in [4.69, 9.17) is 4.74 Å². The third-order valence-electron chi connectivity index (χ3n) is 11.3. The Bertz CT molecular complexity index is 837. The van der Waals surface area contributed by atoms with Crippen LogP contribution in [0.1, 0.15) is 271 Å². The van der Waals surface area contributed by atoms with Gasteiger partial charge in [-0.2, -0.15) is 0 Å². The molecule has 0 bridgehead atoms. The monoisotopic (exact) mass is 922 g/mol. The molecule has 65 heavy (non-hydrogen) atoms. The molecule has 2 rings (SSSR count). The topological polar surface area (TPSA) is 12.5 Å². The molecule has 2 heteroatoms. The first-order chi connectivity index (χ1) is 29.8. The predicted molar refractivity (Wildman–Crippen MR) is 308 cm³/mol. The fourth-order valence-corrected chi connectivity index (χ4v) is 7.09. The largest absolute Gasteiger partial charge is 0.379 e. The van der Waals surface area contributed by atoms with Crippen molar-refractivity contribution in [1.29, 1.82) is 0 Å². The molecular weight excluding hydrogens is 787 g/mol. The summed E-state index contributed by atoms with van der Waals surface area (Å²) < 4.78 is 5.30. The van der Waals surface area contributed by atoms with Crippen LogP contribution in [0, 0.1) is 82.9 Å². The van der Waals surface area contributed by atoms with E-state index in [9.17, 15) is 0 Å². The number of ether oxygens (including phenoxy) is 1. The normalized spacial score (nSPS) is 14.6. The molecule has 0 radical (unpaired) electrons. The van der Waals surface area contributed by atoms with Crippen molar-refractivity contribution in [1.82, 2.24) is 4.90 Å². The van der Waals surface area contributed by atoms with E-state index in [0.717, 1.165) is 59.9 Å². The van der Waals surface area contributed by atoms with Crippen molar-refractivity contribution < 1.29 is 4.74 Å². The number of hydrogen-bond acceptors (Lipinski definition) is 2. The molecule has 2 aliphatic rings. The van der Waals surface area contributed by atoms with Crippen molar-refractivity contribution >= 4 is 0 Å². The number of nitrogens with zero attached hydrogens (tertiary/aromatic N) is 1. The minimum absolute atomic E-state index is 0.386. The fourth-order valence-electron chi connectivity index (χ4n) is 7.09. The minimum Gasteiger partial charge on any atom is -0.379 e. The van der Waals surface area contributed by atoms with E-state index < -0.39 is 0 Å². The molecule has 0 aromatic heterocycles. The summed E-state index contributed by atoms with van der Waals surface area (Å²) in [5.74, 6) is 11.8. The van der Waals surface area contributed by atoms with Crippen LogP contribution in [-0.4, -0.2) is 37.2 Å². The Morgan fingerprint density at radius 3 is 0.800 bits per heavy atom. The average Bonchev–Trinajstić information content (AvgIpc) is 3.72. The molecule has 0 aliphatic heterocycles. The molecule has 2 saturated carbocycles. The highest BCUT2D eigenvalue weighted by molar-refractivity contribution is 4.87. The highest BCUT2D eigenvalue weighted by Crippen LogP contribution is 2.30. The maximum absolute atomic E-state index is 5.30. The first-order valence-electron chi connectivity index (χ1n) is 28.5. The highest BCUT2D eigenvalue weighted by atomic mass is 16.5. The Balaban J connectivity index is -0.000000153. The van der Waals surface area contributed by atoms with Gasteiger partial charge in [0.2, 0.25) is 0 Å². The van der Waals surface area contributed by atoms with Crippen molar-refractivity contribution in [2.45, 2.75) is 283 Å². The lowest BCUT2D eigenvalue weighted by Gasteiger charge is -2.24. The van der Waals surface area contributed by atoms with Crippen LogP contribution in [0.3, 0.4) is 0 Å². The van der Waals surface area contributed by atoms with E-state index in [-0.39, 0.29) is 0 Å². The minimum atomic E-state index is 0.386. The fraction of sp³-hybridized carbons (Fsp3) is 0.937. The molecule has 0 unspecified atom stereocenters. The van der Waals surface area contributed by atoms with Gasteiger partial charge in [0.25, 0.3) is 0 Å². The van der Waals surface area contributed by atoms with Crippen molar-refractivity contribution in [2.75, 3.05) is 20.2 Å². The Morgan fingerprint density at radius 2 is 0.677 bits per heavy atom. The van der Waals surface area contributed by atoms with Crippen LogP contribution in [0.4, 0.5) is 0 Å². The summed E-state index contributed by atoms with van der Waals surface area (Å²) in [5.41, 5.74) is 0. The zero-order valence-electron chi connectivity index (χ0n) is 51.3. The van der Waals surface area contributed by atoms with Crippen LogP contribution < -0.4 is 0 Å². The summed E-state index contributed by atoms with van der Waals surface area (Å²) in [6.07, 6.45) is 26.9. The highest BCUT2D eigenvalue weighted by Gasteiger charge is 2.17. The molecule has 0 aromatic rings. The van der Waals surface area contributed by atoms with Gasteiger partial charge in [0.1, 0.15) is 0 Å². The second kappa shape index (κ2) is 51.3. The summed E-state index contributed by atoms with van der Waals surface area (Å²) in [7, 11) is 2.17. The molecule has 0 aromatic carbocycles. The Morgan fingerprint density at radius 1 is 0.385 bits per heavy atom. The molecule has 2 aliphatic carbocycles. The molecule has 0 amide bonds. The van der Waals surface area contributed by atoms with Gasteiger partial charge in [-0.15, -0.1) is 0 Å². The van der Waals surface area contributed by atoms with E-state index in [1.165, 1.54) is 83.6 Å². The van der Waals surface area contributed by atoms with Crippen LogP contribution in [0.5, 0.6) is 0 Å². The van der Waals surface area contributed by atoms with E-state index in [1.54, 1.807) is 0 Å². The van der Waals surface area contributed by atoms with Gasteiger partial charge in [0, 0.05) is 19.2 Å². The molecule has 0 N–H and O–H groups in total. The molecule has 0 heterocycles. The third-order valence-corrected chi connectivity index (χ3v) is 11.3. The maximum atomic E-state index is 5.30. The quantitative estimate of drug-likeness (QED) is 0.135. The van der Waals surface area contributed by atoms with Gasteiger partial charge in [-0.3, -0.25) is 0 Å². The van der Waals surface area contributed by atoms with Gasteiger partial charge in [-0.1, -0.05) is 261 Å². The summed E-state index contributed by atoms with van der Waals surface area (Å²) in [5, 5.41) is 0. The second-order valence-corrected chi connectivity index (χ2v) is 25.3. The van der Waals surface area contributed by atoms with E-state index in [0.29, 0.717) is 41.7 Å². The molecule has 0 saturated heterocycles. The third kappa shape index (κ3) is 80.8. The van der Waals surface area contributed by atoms with Gasteiger partial charge >= 0.3 is 0 Å². The van der Waals surface area contributed by atoms with Crippen molar-refractivity contribution in [2.24, 2.45) is 82.9 Å². The number of allylic oxidation sites excluding steroid dienone is 4. The lowest BCUT2D eigenvalue weighted by Crippen LogP contribution is -2.29. The predicted octanol–water partition coefficient (Wildman–Crippen LogP) is 21.6. The Kier molecular flexibility index (Phi) is 59.9. The Labute approximate surface area is 418 Å². The van der Waals surface area contributed by atoms with Gasteiger partial charge in [-0.25, -0.2) is 0 Å². The maximum Gasteiger partial charge on any atom is 0.0518 e. The van der Waals surface area contributed by atoms with Crippen molar-refractivity contribution in [3.8, 4) is 0 Å². The zero-order valence-corrected chi connectivity index (χ0v) is 51.3. The first kappa shape index (κ1) is 75.9. The van der Waals surface area contributed by atoms with E-state index in [2.05, 4.69) is 230 Å². The second-order valence-electron chi connectivity index (χ2n) is 25.3. The average molecular weight is 923 g/mol. The van der Waals surface area contributed by atoms with Crippen molar-refractivity contribution in [3.63, 3.8) is 0 Å². The van der Waals surface area contributed by atoms with Gasteiger partial charge < -0.3 is 9.64 Å². The summed E-state index contributed by atoms with van der Waals surface area (Å²) in [4.78, 5) is 2.37. The standard InChI is InChI=1S/C9H18.C8H19N.C8H16.C8H18.2C8H16.C7H16O.C7H16/c1-8(2)9-6-4-3-5-7-9;1-7(2)6-9(5)8(3)4;1-7(2)8-5-3-4-6-8;3*1-7(2)5-6-8(3)4;1-6(2)5-8-7(3)4;1-6(2)5-7(3)4/h8-9H,3-7H2,1-2H3;7-8H,6H2,1-5H3;7-8H,3-6H2,1-2H3;7-8H,5-6H2,1-4H3;2*5-8H,1-4H3;6-7H,5H2,1-4H3;6-7H,5H2,1-4H3/b;;;;6-5+;6-5-;;. The van der Waals surface area contributed by atoms with E-state index >= 15 is 0 Å². The molecule has 398 valence electrons. The van der Waals surface area contributed by atoms with Gasteiger partial charge in [0.05, 0.1) is 6.10 Å². The van der Waals surface area contributed by atoms with Crippen LogP contribution in [0.15, 0.2) is 24.3 Å². The molecule has 0 atom stereocenters. The first-order valence-corrected chi connectivity index (χ1v) is 28.5. The van der Waals surface area contributed by atoms with Crippen LogP contribution in [-0.2, 0) is 4.74 Å². The lowest BCUT2D eigenvalue weighted by molar-refractivity contribution is 0.0593. The Hall–Kier alpha value is -0.600. The molecule has 2 fully saturated rings. The lowest BCUT2D eigenvalue weighted by atomic mass is 9.82. The van der Waals surface area contributed by atoms with E-state index in [1.807, 2.05) is 0 Å². The van der Waals surface area contributed by atoms with Crippen LogP contribution in [0.2, 0.25) is 0 Å². The molecule has 0 spiro atoms. The summed E-state index contributed by atoms with van der Waals surface area (Å²) in [6.45, 7) is 64.6. The van der Waals surface area contributed by atoms with Gasteiger partial charge in [-0.05, 0) is 124 Å². The molecular formula is C63H135NO. The molecule has 2 nitrogen and oxygen atoms in total. The number of rotatable bonds is 17. The van der Waals surface area contributed by atoms with Crippen LogP contribution in [0.25, 0.3) is 0 Å². The van der Waals surface area contributed by atoms with Gasteiger partial charge in [0.15, 0.2) is 0 Å². The number of hydrogen-bond donors (Lipinski definition) is 0. The summed E-state index contributed by atoms with van der Waals surface area (Å²) >= 11 is 0. The van der Waals surface area contributed by atoms with Crippen LogP contribution >= 0.6 is 0 Å². The summed E-state index contributed by atoms with van der Waals surface area (Å²) in [6, 6.07) is 0.687. The zero-order chi connectivity index (χ0) is 52.2. The smallest absolute Gasteiger partial charge is 0.0518 e.